The van der Waals surface area contributed by atoms with Gasteiger partial charge >= 0.3 is 0 Å². The van der Waals surface area contributed by atoms with Gasteiger partial charge in [-0.25, -0.2) is 0 Å². The van der Waals surface area contributed by atoms with Gasteiger partial charge in [0, 0.05) is 13.5 Å². The van der Waals surface area contributed by atoms with Crippen molar-refractivity contribution in [1.29, 1.82) is 0 Å². The summed E-state index contributed by atoms with van der Waals surface area (Å²) in [4.78, 5) is 11.0. The third kappa shape index (κ3) is 7.32. The summed E-state index contributed by atoms with van der Waals surface area (Å²) < 4.78 is 0. The number of allylic oxidation sites excluding steroid dienone is 1. The largest absolute Gasteiger partial charge is 0.394 e. The number of unbranched alkanes of at least 4 members (excludes halogenated alkanes) is 3. The average molecular weight is 169 g/mol. The highest BCUT2D eigenvalue weighted by atomic mass is 16.1. The molecule has 70 valence electrons. The Morgan fingerprint density at radius 2 is 2.08 bits per heavy atom. The molecule has 0 aliphatic carbocycles. The summed E-state index contributed by atoms with van der Waals surface area (Å²) in [6, 6.07) is 0. The standard InChI is InChI=1S/C10H19NO/c1-3-4-5-6-7-10(12)8-9-11-2/h8-9,11H,3-7H2,1-2H3. The first-order chi connectivity index (χ1) is 5.81. The van der Waals surface area contributed by atoms with Crippen molar-refractivity contribution < 1.29 is 4.79 Å². The van der Waals surface area contributed by atoms with Crippen molar-refractivity contribution in [2.24, 2.45) is 0 Å². The molecule has 0 aliphatic rings. The molecule has 12 heavy (non-hydrogen) atoms. The molecule has 0 aromatic heterocycles. The monoisotopic (exact) mass is 169 g/mol. The first kappa shape index (κ1) is 11.2. The van der Waals surface area contributed by atoms with Gasteiger partial charge in [-0.15, -0.1) is 0 Å². The van der Waals surface area contributed by atoms with Gasteiger partial charge in [0.2, 0.25) is 0 Å². The Morgan fingerprint density at radius 3 is 2.67 bits per heavy atom. The maximum atomic E-state index is 11.0. The molecule has 0 heterocycles. The first-order valence-corrected chi connectivity index (χ1v) is 4.68. The maximum Gasteiger partial charge on any atom is 0.157 e. The van der Waals surface area contributed by atoms with Crippen molar-refractivity contribution in [3.05, 3.63) is 12.3 Å². The molecule has 2 heteroatoms. The highest BCUT2D eigenvalue weighted by Gasteiger charge is 1.94. The summed E-state index contributed by atoms with van der Waals surface area (Å²) in [6.07, 6.45) is 8.65. The van der Waals surface area contributed by atoms with Gasteiger partial charge in [-0.05, 0) is 18.7 Å². The Morgan fingerprint density at radius 1 is 1.33 bits per heavy atom. The molecule has 0 aliphatic heterocycles. The lowest BCUT2D eigenvalue weighted by Crippen LogP contribution is -1.97. The molecule has 0 spiro atoms. The lowest BCUT2D eigenvalue weighted by Gasteiger charge is -1.95. The van der Waals surface area contributed by atoms with Crippen LogP contribution in [0.15, 0.2) is 12.3 Å². The molecular weight excluding hydrogens is 150 g/mol. The summed E-state index contributed by atoms with van der Waals surface area (Å²) in [5, 5.41) is 2.80. The molecule has 0 aromatic rings. The average Bonchev–Trinajstić information content (AvgIpc) is 2.09. The van der Waals surface area contributed by atoms with Gasteiger partial charge in [0.15, 0.2) is 5.78 Å². The SMILES string of the molecule is CCCCCCC(=O)C=CNC. The van der Waals surface area contributed by atoms with Crippen molar-refractivity contribution in [3.63, 3.8) is 0 Å². The van der Waals surface area contributed by atoms with Crippen LogP contribution >= 0.6 is 0 Å². The van der Waals surface area contributed by atoms with Gasteiger partial charge in [0.1, 0.15) is 0 Å². The smallest absolute Gasteiger partial charge is 0.157 e. The van der Waals surface area contributed by atoms with E-state index in [0.29, 0.717) is 6.42 Å². The normalized spacial score (nSPS) is 10.5. The van der Waals surface area contributed by atoms with Gasteiger partial charge in [-0.3, -0.25) is 4.79 Å². The van der Waals surface area contributed by atoms with Gasteiger partial charge in [0.05, 0.1) is 0 Å². The fourth-order valence-electron chi connectivity index (χ4n) is 0.986. The maximum absolute atomic E-state index is 11.0. The van der Waals surface area contributed by atoms with Crippen molar-refractivity contribution in [2.45, 2.75) is 39.0 Å². The fourth-order valence-corrected chi connectivity index (χ4v) is 0.986. The van der Waals surface area contributed by atoms with Crippen LogP contribution in [0.5, 0.6) is 0 Å². The van der Waals surface area contributed by atoms with Crippen LogP contribution in [0.4, 0.5) is 0 Å². The molecular formula is C10H19NO. The Hall–Kier alpha value is -0.790. The second-order valence-corrected chi connectivity index (χ2v) is 2.90. The molecule has 0 amide bonds. The van der Waals surface area contributed by atoms with Crippen LogP contribution < -0.4 is 5.32 Å². The number of hydrogen-bond donors (Lipinski definition) is 1. The molecule has 0 bridgehead atoms. The van der Waals surface area contributed by atoms with E-state index in [4.69, 9.17) is 0 Å². The van der Waals surface area contributed by atoms with Crippen LogP contribution in [0, 0.1) is 0 Å². The molecule has 2 nitrogen and oxygen atoms in total. The summed E-state index contributed by atoms with van der Waals surface area (Å²) in [5.74, 6) is 0.223. The summed E-state index contributed by atoms with van der Waals surface area (Å²) in [7, 11) is 1.79. The Kier molecular flexibility index (Phi) is 7.76. The van der Waals surface area contributed by atoms with Gasteiger partial charge in [-0.1, -0.05) is 26.2 Å². The zero-order valence-corrected chi connectivity index (χ0v) is 8.10. The van der Waals surface area contributed by atoms with Gasteiger partial charge in [-0.2, -0.15) is 0 Å². The van der Waals surface area contributed by atoms with E-state index in [1.165, 1.54) is 19.3 Å². The molecule has 0 fully saturated rings. The lowest BCUT2D eigenvalue weighted by atomic mass is 10.1. The van der Waals surface area contributed by atoms with Crippen molar-refractivity contribution in [2.75, 3.05) is 7.05 Å². The number of carbonyl (C=O) groups excluding carboxylic acids is 1. The summed E-state index contributed by atoms with van der Waals surface area (Å²) in [6.45, 7) is 2.17. The van der Waals surface area contributed by atoms with Crippen LogP contribution in [0.2, 0.25) is 0 Å². The fraction of sp³-hybridized carbons (Fsp3) is 0.700. The second kappa shape index (κ2) is 8.31. The number of nitrogens with one attached hydrogen (secondary N) is 1. The molecule has 0 rings (SSSR count). The zero-order valence-electron chi connectivity index (χ0n) is 8.10. The first-order valence-electron chi connectivity index (χ1n) is 4.68. The lowest BCUT2D eigenvalue weighted by molar-refractivity contribution is -0.114. The molecule has 0 saturated carbocycles. The third-order valence-corrected chi connectivity index (χ3v) is 1.71. The number of rotatable bonds is 7. The summed E-state index contributed by atoms with van der Waals surface area (Å²) >= 11 is 0. The van der Waals surface area contributed by atoms with Crippen LogP contribution in [-0.4, -0.2) is 12.8 Å². The highest BCUT2D eigenvalue weighted by Crippen LogP contribution is 2.02. The highest BCUT2D eigenvalue weighted by molar-refractivity contribution is 5.89. The topological polar surface area (TPSA) is 29.1 Å². The molecule has 1 N–H and O–H groups in total. The molecule has 0 radical (unpaired) electrons. The van der Waals surface area contributed by atoms with E-state index in [-0.39, 0.29) is 5.78 Å². The predicted octanol–water partition coefficient (Wildman–Crippen LogP) is 2.26. The second-order valence-electron chi connectivity index (χ2n) is 2.90. The van der Waals surface area contributed by atoms with E-state index < -0.39 is 0 Å². The minimum Gasteiger partial charge on any atom is -0.394 e. The number of hydrogen-bond acceptors (Lipinski definition) is 2. The Labute approximate surface area is 75.0 Å². The molecule has 0 unspecified atom stereocenters. The Balaban J connectivity index is 3.25. The van der Waals surface area contributed by atoms with Gasteiger partial charge < -0.3 is 5.32 Å². The molecule has 0 aromatic carbocycles. The van der Waals surface area contributed by atoms with Gasteiger partial charge in [0.25, 0.3) is 0 Å². The zero-order chi connectivity index (χ0) is 9.23. The number of carbonyl (C=O) groups is 1. The van der Waals surface area contributed by atoms with Crippen molar-refractivity contribution >= 4 is 5.78 Å². The quantitative estimate of drug-likeness (QED) is 0.468. The third-order valence-electron chi connectivity index (χ3n) is 1.71. The summed E-state index contributed by atoms with van der Waals surface area (Å²) in [5.41, 5.74) is 0. The van der Waals surface area contributed by atoms with Crippen LogP contribution in [-0.2, 0) is 4.79 Å². The van der Waals surface area contributed by atoms with E-state index in [1.54, 1.807) is 19.3 Å². The van der Waals surface area contributed by atoms with Crippen LogP contribution in [0.25, 0.3) is 0 Å². The van der Waals surface area contributed by atoms with E-state index in [9.17, 15) is 4.79 Å². The van der Waals surface area contributed by atoms with Crippen LogP contribution in [0.1, 0.15) is 39.0 Å². The molecule has 0 saturated heterocycles. The number of ketones is 1. The minimum atomic E-state index is 0.223. The van der Waals surface area contributed by atoms with E-state index in [1.807, 2.05) is 0 Å². The van der Waals surface area contributed by atoms with E-state index in [2.05, 4.69) is 12.2 Å². The van der Waals surface area contributed by atoms with Crippen molar-refractivity contribution in [3.8, 4) is 0 Å². The Bertz CT molecular complexity index is 141. The van der Waals surface area contributed by atoms with E-state index >= 15 is 0 Å². The van der Waals surface area contributed by atoms with Crippen LogP contribution in [0.3, 0.4) is 0 Å². The molecule has 0 atom stereocenters. The minimum absolute atomic E-state index is 0.223. The van der Waals surface area contributed by atoms with E-state index in [0.717, 1.165) is 6.42 Å². The van der Waals surface area contributed by atoms with Crippen molar-refractivity contribution in [1.82, 2.24) is 5.32 Å². The predicted molar refractivity (Wildman–Crippen MR) is 52.0 cm³/mol.